The molecule has 1 atom stereocenters. The van der Waals surface area contributed by atoms with E-state index in [0.29, 0.717) is 6.42 Å². The van der Waals surface area contributed by atoms with Crippen LogP contribution in [0.3, 0.4) is 0 Å². The van der Waals surface area contributed by atoms with Crippen LogP contribution in [-0.2, 0) is 11.2 Å². The van der Waals surface area contributed by atoms with Gasteiger partial charge < -0.3 is 9.80 Å². The second-order valence-corrected chi connectivity index (χ2v) is 8.36. The number of carbonyl (C=O) groups is 2. The van der Waals surface area contributed by atoms with Crippen LogP contribution in [0.1, 0.15) is 34.5 Å². The molecule has 4 heterocycles. The lowest BCUT2D eigenvalue weighted by Crippen LogP contribution is -2.48. The fraction of sp³-hybridized carbons (Fsp3) is 0.450. The van der Waals surface area contributed by atoms with E-state index < -0.39 is 0 Å². The summed E-state index contributed by atoms with van der Waals surface area (Å²) in [7, 11) is 0. The zero-order valence-corrected chi connectivity index (χ0v) is 15.6. The minimum atomic E-state index is 0.0652. The summed E-state index contributed by atoms with van der Waals surface area (Å²) in [4.78, 5) is 34.2. The molecule has 2 aromatic heterocycles. The molecule has 2 amide bonds. The summed E-state index contributed by atoms with van der Waals surface area (Å²) >= 11 is 1.50. The van der Waals surface area contributed by atoms with Crippen LogP contribution < -0.4 is 0 Å². The van der Waals surface area contributed by atoms with Gasteiger partial charge in [-0.1, -0.05) is 12.1 Å². The Balaban J connectivity index is 1.40. The van der Waals surface area contributed by atoms with Crippen LogP contribution in [0.5, 0.6) is 0 Å². The highest BCUT2D eigenvalue weighted by molar-refractivity contribution is 7.12. The molecule has 136 valence electrons. The number of thiophene rings is 1. The second kappa shape index (κ2) is 7.19. The number of likely N-dealkylation sites (tertiary alicyclic amines) is 2. The lowest BCUT2D eigenvalue weighted by atomic mass is 9.79. The molecular formula is C20H23N3O2S. The SMILES string of the molecule is O=C(Cc1cccnc1)N1CCCC2(CCN(C(=O)c3cccs3)C2)C1. The minimum Gasteiger partial charge on any atom is -0.342 e. The van der Waals surface area contributed by atoms with Crippen molar-refractivity contribution in [3.8, 4) is 0 Å². The Morgan fingerprint density at radius 1 is 1.12 bits per heavy atom. The van der Waals surface area contributed by atoms with Crippen LogP contribution in [0.2, 0.25) is 0 Å². The third-order valence-corrected chi connectivity index (χ3v) is 6.41. The summed E-state index contributed by atoms with van der Waals surface area (Å²) in [5.41, 5.74) is 1.02. The highest BCUT2D eigenvalue weighted by atomic mass is 32.1. The van der Waals surface area contributed by atoms with Crippen molar-refractivity contribution in [1.29, 1.82) is 0 Å². The average Bonchev–Trinajstić information content (AvgIpc) is 3.33. The van der Waals surface area contributed by atoms with Gasteiger partial charge in [0.1, 0.15) is 0 Å². The van der Waals surface area contributed by atoms with E-state index in [1.165, 1.54) is 11.3 Å². The summed E-state index contributed by atoms with van der Waals surface area (Å²) in [6.45, 7) is 3.14. The van der Waals surface area contributed by atoms with Crippen molar-refractivity contribution in [2.45, 2.75) is 25.7 Å². The number of hydrogen-bond acceptors (Lipinski definition) is 4. The summed E-state index contributed by atoms with van der Waals surface area (Å²) in [5.74, 6) is 0.302. The molecule has 1 spiro atoms. The van der Waals surface area contributed by atoms with Crippen molar-refractivity contribution in [1.82, 2.24) is 14.8 Å². The molecule has 0 aromatic carbocycles. The van der Waals surface area contributed by atoms with Gasteiger partial charge in [0.25, 0.3) is 5.91 Å². The van der Waals surface area contributed by atoms with E-state index in [9.17, 15) is 9.59 Å². The van der Waals surface area contributed by atoms with Crippen LogP contribution in [0, 0.1) is 5.41 Å². The van der Waals surface area contributed by atoms with E-state index in [0.717, 1.165) is 55.9 Å². The van der Waals surface area contributed by atoms with Gasteiger partial charge in [-0.2, -0.15) is 0 Å². The fourth-order valence-electron chi connectivity index (χ4n) is 4.21. The first-order valence-electron chi connectivity index (χ1n) is 9.15. The Kier molecular flexibility index (Phi) is 4.76. The molecule has 0 radical (unpaired) electrons. The first-order chi connectivity index (χ1) is 12.7. The second-order valence-electron chi connectivity index (χ2n) is 7.41. The molecule has 26 heavy (non-hydrogen) atoms. The van der Waals surface area contributed by atoms with Crippen LogP contribution in [0.15, 0.2) is 42.0 Å². The van der Waals surface area contributed by atoms with Gasteiger partial charge in [0, 0.05) is 44.0 Å². The number of rotatable bonds is 3. The van der Waals surface area contributed by atoms with E-state index in [2.05, 4.69) is 4.98 Å². The maximum atomic E-state index is 12.7. The van der Waals surface area contributed by atoms with Crippen molar-refractivity contribution in [3.63, 3.8) is 0 Å². The summed E-state index contributed by atoms with van der Waals surface area (Å²) in [6, 6.07) is 7.62. The number of hydrogen-bond donors (Lipinski definition) is 0. The van der Waals surface area contributed by atoms with Crippen LogP contribution in [0.25, 0.3) is 0 Å². The highest BCUT2D eigenvalue weighted by Crippen LogP contribution is 2.39. The number of piperidine rings is 1. The van der Waals surface area contributed by atoms with Crippen molar-refractivity contribution in [2.24, 2.45) is 5.41 Å². The van der Waals surface area contributed by atoms with E-state index >= 15 is 0 Å². The lowest BCUT2D eigenvalue weighted by molar-refractivity contribution is -0.133. The average molecular weight is 369 g/mol. The first-order valence-corrected chi connectivity index (χ1v) is 10.0. The molecule has 0 bridgehead atoms. The third-order valence-electron chi connectivity index (χ3n) is 5.55. The number of aromatic nitrogens is 1. The smallest absolute Gasteiger partial charge is 0.263 e. The van der Waals surface area contributed by atoms with Crippen molar-refractivity contribution < 1.29 is 9.59 Å². The van der Waals surface area contributed by atoms with Gasteiger partial charge in [0.2, 0.25) is 5.91 Å². The third kappa shape index (κ3) is 3.51. The topological polar surface area (TPSA) is 53.5 Å². The fourth-order valence-corrected chi connectivity index (χ4v) is 4.90. The van der Waals surface area contributed by atoms with Crippen molar-refractivity contribution in [2.75, 3.05) is 26.2 Å². The number of carbonyl (C=O) groups excluding carboxylic acids is 2. The molecule has 4 rings (SSSR count). The molecule has 1 unspecified atom stereocenters. The summed E-state index contributed by atoms with van der Waals surface area (Å²) in [6.07, 6.45) is 6.98. The highest BCUT2D eigenvalue weighted by Gasteiger charge is 2.43. The van der Waals surface area contributed by atoms with Crippen LogP contribution in [0.4, 0.5) is 0 Å². The molecule has 5 nitrogen and oxygen atoms in total. The summed E-state index contributed by atoms with van der Waals surface area (Å²) < 4.78 is 0. The Bertz CT molecular complexity index is 778. The normalized spacial score (nSPS) is 22.8. The number of amides is 2. The van der Waals surface area contributed by atoms with E-state index in [1.54, 1.807) is 12.4 Å². The monoisotopic (exact) mass is 369 g/mol. The van der Waals surface area contributed by atoms with Crippen molar-refractivity contribution >= 4 is 23.2 Å². The van der Waals surface area contributed by atoms with Gasteiger partial charge in [0.15, 0.2) is 0 Å². The predicted octanol–water partition coefficient (Wildman–Crippen LogP) is 2.84. The molecular weight excluding hydrogens is 346 g/mol. The maximum absolute atomic E-state index is 12.7. The van der Waals surface area contributed by atoms with Crippen molar-refractivity contribution in [3.05, 3.63) is 52.5 Å². The van der Waals surface area contributed by atoms with Crippen LogP contribution in [-0.4, -0.2) is 52.8 Å². The zero-order valence-electron chi connectivity index (χ0n) is 14.8. The molecule has 2 aliphatic heterocycles. The molecule has 2 aliphatic rings. The Labute approximate surface area is 157 Å². The van der Waals surface area contributed by atoms with Gasteiger partial charge in [-0.05, 0) is 42.3 Å². The molecule has 0 aliphatic carbocycles. The largest absolute Gasteiger partial charge is 0.342 e. The Morgan fingerprint density at radius 2 is 2.00 bits per heavy atom. The minimum absolute atomic E-state index is 0.0652. The summed E-state index contributed by atoms with van der Waals surface area (Å²) in [5, 5.41) is 1.94. The van der Waals surface area contributed by atoms with E-state index in [1.807, 2.05) is 39.4 Å². The number of nitrogens with zero attached hydrogens (tertiary/aromatic N) is 3. The predicted molar refractivity (Wildman–Crippen MR) is 101 cm³/mol. The first kappa shape index (κ1) is 17.2. The van der Waals surface area contributed by atoms with E-state index in [4.69, 9.17) is 0 Å². The van der Waals surface area contributed by atoms with Gasteiger partial charge in [-0.15, -0.1) is 11.3 Å². The molecule has 2 saturated heterocycles. The molecule has 0 saturated carbocycles. The molecule has 2 aromatic rings. The lowest BCUT2D eigenvalue weighted by Gasteiger charge is -2.40. The molecule has 2 fully saturated rings. The van der Waals surface area contributed by atoms with Crippen LogP contribution >= 0.6 is 11.3 Å². The van der Waals surface area contributed by atoms with Gasteiger partial charge in [0.05, 0.1) is 11.3 Å². The van der Waals surface area contributed by atoms with E-state index in [-0.39, 0.29) is 17.2 Å². The van der Waals surface area contributed by atoms with Gasteiger partial charge in [-0.3, -0.25) is 14.6 Å². The molecule has 0 N–H and O–H groups in total. The zero-order chi connectivity index (χ0) is 18.0. The quantitative estimate of drug-likeness (QED) is 0.836. The standard InChI is InChI=1S/C20H23N3O2S/c24-18(12-16-4-1-8-21-13-16)22-9-3-6-20(14-22)7-10-23(15-20)19(25)17-5-2-11-26-17/h1-2,4-5,8,11,13H,3,6-7,9-10,12,14-15H2. The maximum Gasteiger partial charge on any atom is 0.263 e. The molecule has 6 heteroatoms. The Morgan fingerprint density at radius 3 is 2.77 bits per heavy atom. The Hall–Kier alpha value is -2.21. The van der Waals surface area contributed by atoms with Gasteiger partial charge >= 0.3 is 0 Å². The van der Waals surface area contributed by atoms with Gasteiger partial charge in [-0.25, -0.2) is 0 Å². The number of pyridine rings is 1.